The first-order valence-corrected chi connectivity index (χ1v) is 9.50. The second kappa shape index (κ2) is 7.56. The molecule has 1 fully saturated rings. The van der Waals surface area contributed by atoms with Crippen LogP contribution in [0.5, 0.6) is 11.5 Å². The molecule has 0 saturated heterocycles. The first-order chi connectivity index (χ1) is 14.6. The zero-order valence-electron chi connectivity index (χ0n) is 16.7. The number of rotatable bonds is 6. The molecule has 1 aliphatic carbocycles. The summed E-state index contributed by atoms with van der Waals surface area (Å²) in [5.41, 5.74) is -0.924. The van der Waals surface area contributed by atoms with Crippen LogP contribution in [0.25, 0.3) is 16.8 Å². The molecule has 7 nitrogen and oxygen atoms in total. The molecule has 0 aliphatic heterocycles. The van der Waals surface area contributed by atoms with Crippen molar-refractivity contribution < 1.29 is 32.1 Å². The number of aliphatic hydroxyl groups is 1. The van der Waals surface area contributed by atoms with E-state index < -0.39 is 23.5 Å². The highest BCUT2D eigenvalue weighted by molar-refractivity contribution is 5.82. The predicted molar refractivity (Wildman–Crippen MR) is 103 cm³/mol. The van der Waals surface area contributed by atoms with Crippen LogP contribution >= 0.6 is 0 Å². The molecule has 4 rings (SSSR count). The molecule has 2 heterocycles. The van der Waals surface area contributed by atoms with E-state index in [9.17, 15) is 22.7 Å². The van der Waals surface area contributed by atoms with Crippen LogP contribution in [0.4, 0.5) is 23.5 Å². The Bertz CT molecular complexity index is 1110. The van der Waals surface area contributed by atoms with Gasteiger partial charge in [0.1, 0.15) is 22.7 Å². The van der Waals surface area contributed by atoms with Crippen molar-refractivity contribution in [1.82, 2.24) is 14.6 Å². The van der Waals surface area contributed by atoms with E-state index in [4.69, 9.17) is 4.74 Å². The van der Waals surface area contributed by atoms with Crippen LogP contribution in [0, 0.1) is 11.7 Å². The SMILES string of the molecule is COc1ccc(-c2nnc(NC[C@H]3C[C@@](C)(O)C3)n3ccc(F)c23)c(OC(F)(F)F)c1. The van der Waals surface area contributed by atoms with Gasteiger partial charge in [0.25, 0.3) is 0 Å². The quantitative estimate of drug-likeness (QED) is 0.564. The number of methoxy groups -OCH3 is 1. The second-order valence-electron chi connectivity index (χ2n) is 7.82. The minimum Gasteiger partial charge on any atom is -0.497 e. The van der Waals surface area contributed by atoms with Gasteiger partial charge in [0, 0.05) is 24.4 Å². The van der Waals surface area contributed by atoms with E-state index in [1.807, 2.05) is 0 Å². The van der Waals surface area contributed by atoms with E-state index in [0.29, 0.717) is 19.4 Å². The van der Waals surface area contributed by atoms with Gasteiger partial charge in [0.05, 0.1) is 12.7 Å². The summed E-state index contributed by atoms with van der Waals surface area (Å²) in [6, 6.07) is 4.96. The van der Waals surface area contributed by atoms with Crippen molar-refractivity contribution in [3.05, 3.63) is 36.3 Å². The molecular weight excluding hydrogens is 420 g/mol. The maximum atomic E-state index is 14.6. The molecule has 1 aromatic carbocycles. The summed E-state index contributed by atoms with van der Waals surface area (Å²) in [5, 5.41) is 21.0. The van der Waals surface area contributed by atoms with Gasteiger partial charge >= 0.3 is 6.36 Å². The fourth-order valence-electron chi connectivity index (χ4n) is 3.91. The summed E-state index contributed by atoms with van der Waals surface area (Å²) in [6.07, 6.45) is -2.30. The highest BCUT2D eigenvalue weighted by Gasteiger charge is 2.38. The summed E-state index contributed by atoms with van der Waals surface area (Å²) in [5.74, 6) is -0.659. The minimum atomic E-state index is -4.96. The van der Waals surface area contributed by atoms with Crippen LogP contribution < -0.4 is 14.8 Å². The number of hydrogen-bond donors (Lipinski definition) is 2. The average molecular weight is 440 g/mol. The fourth-order valence-corrected chi connectivity index (χ4v) is 3.91. The molecule has 0 radical (unpaired) electrons. The van der Waals surface area contributed by atoms with Crippen molar-refractivity contribution >= 4 is 11.5 Å². The summed E-state index contributed by atoms with van der Waals surface area (Å²) < 4.78 is 63.9. The van der Waals surface area contributed by atoms with Crippen molar-refractivity contribution in [3.8, 4) is 22.8 Å². The smallest absolute Gasteiger partial charge is 0.497 e. The fraction of sp³-hybridized carbons (Fsp3) is 0.400. The summed E-state index contributed by atoms with van der Waals surface area (Å²) in [7, 11) is 1.30. The number of anilines is 1. The van der Waals surface area contributed by atoms with E-state index in [0.717, 1.165) is 6.07 Å². The summed E-state index contributed by atoms with van der Waals surface area (Å²) in [6.45, 7) is 2.25. The lowest BCUT2D eigenvalue weighted by molar-refractivity contribution is -0.274. The van der Waals surface area contributed by atoms with Crippen molar-refractivity contribution in [2.45, 2.75) is 31.7 Å². The molecule has 3 aromatic rings. The number of hydrogen-bond acceptors (Lipinski definition) is 6. The van der Waals surface area contributed by atoms with Gasteiger partial charge in [-0.25, -0.2) is 4.39 Å². The van der Waals surface area contributed by atoms with E-state index in [1.165, 1.54) is 35.9 Å². The minimum absolute atomic E-state index is 0.0460. The lowest BCUT2D eigenvalue weighted by Gasteiger charge is -2.41. The van der Waals surface area contributed by atoms with Gasteiger partial charge in [-0.05, 0) is 43.9 Å². The molecule has 0 atom stereocenters. The summed E-state index contributed by atoms with van der Waals surface area (Å²) >= 11 is 0. The number of benzene rings is 1. The van der Waals surface area contributed by atoms with E-state index >= 15 is 0 Å². The Morgan fingerprint density at radius 2 is 2.00 bits per heavy atom. The molecule has 1 saturated carbocycles. The molecule has 31 heavy (non-hydrogen) atoms. The lowest BCUT2D eigenvalue weighted by atomic mass is 9.72. The van der Waals surface area contributed by atoms with Gasteiger partial charge in [-0.2, -0.15) is 0 Å². The molecule has 1 aliphatic rings. The van der Waals surface area contributed by atoms with Gasteiger partial charge in [0.2, 0.25) is 5.95 Å². The number of nitrogens with one attached hydrogen (secondary N) is 1. The third-order valence-corrected chi connectivity index (χ3v) is 5.21. The third-order valence-electron chi connectivity index (χ3n) is 5.21. The first kappa shape index (κ1) is 21.2. The first-order valence-electron chi connectivity index (χ1n) is 9.50. The Morgan fingerprint density at radius 3 is 2.65 bits per heavy atom. The molecular formula is C20H20F4N4O3. The molecule has 0 spiro atoms. The van der Waals surface area contributed by atoms with Crippen LogP contribution in [0.1, 0.15) is 19.8 Å². The molecule has 2 N–H and O–H groups in total. The number of halogens is 4. The Labute approximate surface area is 174 Å². The highest BCUT2D eigenvalue weighted by Crippen LogP contribution is 2.39. The number of ether oxygens (including phenoxy) is 2. The molecule has 11 heteroatoms. The van der Waals surface area contributed by atoms with Gasteiger partial charge in [-0.3, -0.25) is 4.40 Å². The van der Waals surface area contributed by atoms with E-state index in [1.54, 1.807) is 6.92 Å². The number of fused-ring (bicyclic) bond motifs is 1. The normalized spacial score (nSPS) is 21.1. The Hall–Kier alpha value is -3.08. The monoisotopic (exact) mass is 440 g/mol. The molecule has 166 valence electrons. The average Bonchev–Trinajstić information content (AvgIpc) is 3.05. The summed E-state index contributed by atoms with van der Waals surface area (Å²) in [4.78, 5) is 0. The van der Waals surface area contributed by atoms with E-state index in [2.05, 4.69) is 20.3 Å². The molecule has 0 amide bonds. The predicted octanol–water partition coefficient (Wildman–Crippen LogP) is 4.02. The number of nitrogens with zero attached hydrogens (tertiary/aromatic N) is 3. The maximum absolute atomic E-state index is 14.6. The van der Waals surface area contributed by atoms with E-state index in [-0.39, 0.29) is 34.4 Å². The van der Waals surface area contributed by atoms with Crippen LogP contribution in [-0.4, -0.2) is 45.3 Å². The Balaban J connectivity index is 1.72. The zero-order valence-corrected chi connectivity index (χ0v) is 16.7. The van der Waals surface area contributed by atoms with Crippen LogP contribution in [0.3, 0.4) is 0 Å². The molecule has 0 unspecified atom stereocenters. The number of aromatic nitrogens is 3. The van der Waals surface area contributed by atoms with Gasteiger partial charge in [-0.1, -0.05) is 0 Å². The number of alkyl halides is 3. The lowest BCUT2D eigenvalue weighted by Crippen LogP contribution is -2.43. The van der Waals surface area contributed by atoms with Gasteiger partial charge in [0.15, 0.2) is 5.82 Å². The van der Waals surface area contributed by atoms with Crippen LogP contribution in [-0.2, 0) is 0 Å². The van der Waals surface area contributed by atoms with Crippen molar-refractivity contribution in [3.63, 3.8) is 0 Å². The van der Waals surface area contributed by atoms with Crippen molar-refractivity contribution in [2.75, 3.05) is 19.0 Å². The van der Waals surface area contributed by atoms with Crippen molar-refractivity contribution in [1.29, 1.82) is 0 Å². The van der Waals surface area contributed by atoms with Gasteiger partial charge in [-0.15, -0.1) is 23.4 Å². The Kier molecular flexibility index (Phi) is 5.16. The Morgan fingerprint density at radius 1 is 1.26 bits per heavy atom. The molecule has 2 aromatic heterocycles. The second-order valence-corrected chi connectivity index (χ2v) is 7.82. The van der Waals surface area contributed by atoms with Crippen molar-refractivity contribution in [2.24, 2.45) is 5.92 Å². The maximum Gasteiger partial charge on any atom is 0.573 e. The topological polar surface area (TPSA) is 80.9 Å². The largest absolute Gasteiger partial charge is 0.573 e. The third kappa shape index (κ3) is 4.36. The zero-order chi connectivity index (χ0) is 22.4. The standard InChI is InChI=1S/C20H20F4N4O3/c1-19(29)8-11(9-19)10-25-18-27-26-16(17-14(21)5-6-28(17)18)13-4-3-12(30-2)7-15(13)31-20(22,23)24/h3-7,11,29H,8-10H2,1-2H3,(H,25,27)/t11-,19+. The molecule has 0 bridgehead atoms. The van der Waals surface area contributed by atoms with Gasteiger partial charge < -0.3 is 19.9 Å². The highest BCUT2D eigenvalue weighted by atomic mass is 19.4. The van der Waals surface area contributed by atoms with Crippen LogP contribution in [0.15, 0.2) is 30.5 Å². The van der Waals surface area contributed by atoms with Crippen LogP contribution in [0.2, 0.25) is 0 Å².